The monoisotopic (exact) mass is 303 g/mol. The fourth-order valence-corrected chi connectivity index (χ4v) is 2.50. The van der Waals surface area contributed by atoms with Crippen molar-refractivity contribution in [2.45, 2.75) is 17.9 Å². The summed E-state index contributed by atoms with van der Waals surface area (Å²) < 4.78 is 25.4. The summed E-state index contributed by atoms with van der Waals surface area (Å²) >= 11 is 0. The number of benzene rings is 1. The first-order chi connectivity index (χ1) is 9.19. The smallest absolute Gasteiger partial charge is 0.293 e. The molecule has 0 saturated heterocycles. The van der Waals surface area contributed by atoms with Crippen LogP contribution in [0, 0.1) is 10.1 Å². The van der Waals surface area contributed by atoms with E-state index in [2.05, 4.69) is 4.72 Å². The van der Waals surface area contributed by atoms with Crippen molar-refractivity contribution in [3.63, 3.8) is 0 Å². The Labute approximate surface area is 117 Å². The van der Waals surface area contributed by atoms with E-state index in [0.29, 0.717) is 0 Å². The van der Waals surface area contributed by atoms with E-state index in [9.17, 15) is 23.6 Å². The number of hydrogen-bond acceptors (Lipinski definition) is 6. The second kappa shape index (κ2) is 6.16. The molecule has 1 atom stereocenters. The Kier molecular flexibility index (Phi) is 5.03. The van der Waals surface area contributed by atoms with Crippen molar-refractivity contribution < 1.29 is 18.4 Å². The molecule has 1 aromatic carbocycles. The number of sulfonamides is 1. The number of hydrogen-bond donors (Lipinski definition) is 2. The van der Waals surface area contributed by atoms with E-state index in [1.807, 2.05) is 0 Å². The van der Waals surface area contributed by atoms with Crippen LogP contribution in [0.1, 0.15) is 6.92 Å². The topological polar surface area (TPSA) is 113 Å². The molecule has 9 heteroatoms. The van der Waals surface area contributed by atoms with E-state index < -0.39 is 21.1 Å². The molecule has 1 unspecified atom stereocenters. The number of aliphatic hydroxyl groups excluding tert-OH is 1. The van der Waals surface area contributed by atoms with Gasteiger partial charge in [0.25, 0.3) is 5.69 Å². The summed E-state index contributed by atoms with van der Waals surface area (Å²) in [6.07, 6.45) is -0.666. The normalized spacial score (nSPS) is 13.0. The van der Waals surface area contributed by atoms with Crippen LogP contribution in [0.25, 0.3) is 0 Å². The summed E-state index contributed by atoms with van der Waals surface area (Å²) in [6.45, 7) is 1.75. The van der Waals surface area contributed by atoms with Crippen LogP contribution in [-0.2, 0) is 10.0 Å². The number of rotatable bonds is 6. The van der Waals surface area contributed by atoms with Gasteiger partial charge in [0.1, 0.15) is 5.69 Å². The molecule has 0 aliphatic heterocycles. The average molecular weight is 303 g/mol. The molecule has 8 nitrogen and oxygen atoms in total. The highest BCUT2D eigenvalue weighted by Gasteiger charge is 2.22. The third kappa shape index (κ3) is 3.65. The Hall–Kier alpha value is -1.71. The fourth-order valence-electron chi connectivity index (χ4n) is 1.75. The predicted molar refractivity (Wildman–Crippen MR) is 74.3 cm³/mol. The van der Waals surface area contributed by atoms with Crippen molar-refractivity contribution in [2.75, 3.05) is 25.5 Å². The predicted octanol–water partition coefficient (Wildman–Crippen LogP) is 0.320. The lowest BCUT2D eigenvalue weighted by molar-refractivity contribution is -0.384. The molecular formula is C11H17N3O5S. The highest BCUT2D eigenvalue weighted by molar-refractivity contribution is 7.89. The average Bonchev–Trinajstić information content (AvgIpc) is 2.37. The van der Waals surface area contributed by atoms with Gasteiger partial charge in [-0.2, -0.15) is 0 Å². The Morgan fingerprint density at radius 2 is 2.10 bits per heavy atom. The molecule has 0 amide bonds. The minimum atomic E-state index is -3.74. The number of nitrogens with one attached hydrogen (secondary N) is 1. The molecule has 0 radical (unpaired) electrons. The van der Waals surface area contributed by atoms with Crippen molar-refractivity contribution in [1.29, 1.82) is 0 Å². The Balaban J connectivity index is 3.32. The summed E-state index contributed by atoms with van der Waals surface area (Å²) in [6, 6.07) is 3.64. The molecule has 112 valence electrons. The molecule has 0 fully saturated rings. The van der Waals surface area contributed by atoms with Gasteiger partial charge in [-0.05, 0) is 26.1 Å². The van der Waals surface area contributed by atoms with Crippen LogP contribution in [-0.4, -0.2) is 45.2 Å². The third-order valence-corrected chi connectivity index (χ3v) is 4.08. The van der Waals surface area contributed by atoms with E-state index in [1.54, 1.807) is 14.0 Å². The molecule has 0 aliphatic rings. The standard InChI is InChI=1S/C11H17N3O5S/c1-8(15)7-13(3)10-5-4-9(20(18,19)12-2)6-11(10)14(16)17/h4-6,8,12,15H,7H2,1-3H3. The van der Waals surface area contributed by atoms with Crippen molar-refractivity contribution in [2.24, 2.45) is 0 Å². The zero-order valence-electron chi connectivity index (χ0n) is 11.4. The first-order valence-corrected chi connectivity index (χ1v) is 7.28. The third-order valence-electron chi connectivity index (χ3n) is 2.67. The first-order valence-electron chi connectivity index (χ1n) is 5.80. The maximum absolute atomic E-state index is 11.6. The lowest BCUT2D eigenvalue weighted by Gasteiger charge is -2.20. The second-order valence-electron chi connectivity index (χ2n) is 4.34. The highest BCUT2D eigenvalue weighted by atomic mass is 32.2. The van der Waals surface area contributed by atoms with E-state index in [1.165, 1.54) is 24.1 Å². The van der Waals surface area contributed by atoms with Crippen LogP contribution < -0.4 is 9.62 Å². The van der Waals surface area contributed by atoms with Crippen LogP contribution in [0.15, 0.2) is 23.1 Å². The Bertz CT molecular complexity index is 600. The molecule has 0 aromatic heterocycles. The first kappa shape index (κ1) is 16.3. The van der Waals surface area contributed by atoms with Gasteiger partial charge in [0.05, 0.1) is 15.9 Å². The largest absolute Gasteiger partial charge is 0.392 e. The SMILES string of the molecule is CNS(=O)(=O)c1ccc(N(C)CC(C)O)c([N+](=O)[O-])c1. The number of likely N-dealkylation sites (N-methyl/N-ethyl adjacent to an activating group) is 1. The van der Waals surface area contributed by atoms with E-state index in [-0.39, 0.29) is 22.8 Å². The zero-order valence-corrected chi connectivity index (χ0v) is 12.2. The fraction of sp³-hybridized carbons (Fsp3) is 0.455. The van der Waals surface area contributed by atoms with Crippen molar-refractivity contribution in [3.05, 3.63) is 28.3 Å². The second-order valence-corrected chi connectivity index (χ2v) is 6.23. The minimum absolute atomic E-state index is 0.180. The van der Waals surface area contributed by atoms with Gasteiger partial charge < -0.3 is 10.0 Å². The maximum atomic E-state index is 11.6. The highest BCUT2D eigenvalue weighted by Crippen LogP contribution is 2.30. The van der Waals surface area contributed by atoms with Crippen molar-refractivity contribution >= 4 is 21.4 Å². The molecule has 0 heterocycles. The number of nitro groups is 1. The van der Waals surface area contributed by atoms with E-state index >= 15 is 0 Å². The summed E-state index contributed by atoms with van der Waals surface area (Å²) in [5, 5.41) is 20.4. The summed E-state index contributed by atoms with van der Waals surface area (Å²) in [7, 11) is -0.927. The molecule has 0 aliphatic carbocycles. The van der Waals surface area contributed by atoms with Crippen molar-refractivity contribution in [3.8, 4) is 0 Å². The van der Waals surface area contributed by atoms with Gasteiger partial charge in [-0.3, -0.25) is 10.1 Å². The van der Waals surface area contributed by atoms with Crippen LogP contribution >= 0.6 is 0 Å². The quantitative estimate of drug-likeness (QED) is 0.578. The number of aliphatic hydroxyl groups is 1. The molecule has 20 heavy (non-hydrogen) atoms. The van der Waals surface area contributed by atoms with Crippen LogP contribution in [0.5, 0.6) is 0 Å². The number of anilines is 1. The molecule has 0 spiro atoms. The van der Waals surface area contributed by atoms with Gasteiger partial charge in [-0.15, -0.1) is 0 Å². The Morgan fingerprint density at radius 3 is 2.55 bits per heavy atom. The summed E-state index contributed by atoms with van der Waals surface area (Å²) in [5.41, 5.74) is -0.0876. The molecule has 0 saturated carbocycles. The summed E-state index contributed by atoms with van der Waals surface area (Å²) in [4.78, 5) is 11.7. The van der Waals surface area contributed by atoms with Gasteiger partial charge in [-0.25, -0.2) is 13.1 Å². The maximum Gasteiger partial charge on any atom is 0.293 e. The lowest BCUT2D eigenvalue weighted by Crippen LogP contribution is -2.27. The molecule has 1 aromatic rings. The van der Waals surface area contributed by atoms with Gasteiger partial charge in [0.2, 0.25) is 10.0 Å². The van der Waals surface area contributed by atoms with Gasteiger partial charge in [0, 0.05) is 19.7 Å². The molecule has 0 bridgehead atoms. The van der Waals surface area contributed by atoms with Gasteiger partial charge in [-0.1, -0.05) is 0 Å². The van der Waals surface area contributed by atoms with Crippen molar-refractivity contribution in [1.82, 2.24) is 4.72 Å². The van der Waals surface area contributed by atoms with Crippen LogP contribution in [0.2, 0.25) is 0 Å². The van der Waals surface area contributed by atoms with Crippen LogP contribution in [0.3, 0.4) is 0 Å². The van der Waals surface area contributed by atoms with Gasteiger partial charge >= 0.3 is 0 Å². The molecule has 1 rings (SSSR count). The number of nitro benzene ring substituents is 1. The lowest BCUT2D eigenvalue weighted by atomic mass is 10.2. The van der Waals surface area contributed by atoms with Crippen LogP contribution in [0.4, 0.5) is 11.4 Å². The van der Waals surface area contributed by atoms with E-state index in [4.69, 9.17) is 0 Å². The zero-order chi connectivity index (χ0) is 15.5. The summed E-state index contributed by atoms with van der Waals surface area (Å²) in [5.74, 6) is 0. The molecule has 2 N–H and O–H groups in total. The number of nitrogens with zero attached hydrogens (tertiary/aromatic N) is 2. The minimum Gasteiger partial charge on any atom is -0.392 e. The Morgan fingerprint density at radius 1 is 1.50 bits per heavy atom. The van der Waals surface area contributed by atoms with Gasteiger partial charge in [0.15, 0.2) is 0 Å². The van der Waals surface area contributed by atoms with E-state index in [0.717, 1.165) is 6.07 Å². The molecular weight excluding hydrogens is 286 g/mol.